The van der Waals surface area contributed by atoms with Gasteiger partial charge in [-0.25, -0.2) is 0 Å². The first-order chi connectivity index (χ1) is 49.2. The molecule has 2 heterocycles. The molecule has 0 bridgehead atoms. The lowest BCUT2D eigenvalue weighted by molar-refractivity contribution is -0.151. The molecular formula is C76H123ClN12O16. The zero-order valence-electron chi connectivity index (χ0n) is 65.4. The van der Waals surface area contributed by atoms with Crippen molar-refractivity contribution in [3.63, 3.8) is 0 Å². The van der Waals surface area contributed by atoms with Crippen molar-refractivity contribution in [3.05, 3.63) is 70.7 Å². The largest absolute Gasteiger partial charge is 0.391 e. The molecule has 105 heavy (non-hydrogen) atoms. The van der Waals surface area contributed by atoms with E-state index in [4.69, 9.17) is 21.1 Å². The molecule has 0 spiro atoms. The standard InChI is InChI=1S/C76H123ClN12O16/c1-19-20-32-89-43-65(94)84(15)62(39-52-28-23-21-24-29-52)74(102)87(18)59(36-48(4)5)68(96)80-57(46-105-76(10,11)12)72(100)85(16)58(35-47(2)3)67(95)78-55(73(101)88-33-25-22-26-34-88)41-63(92)82(13)42-64(93)83(14)61(40-53-30-27-31-54(77)38-53)69(97)79-56(45-104-44-50(8)90)71(99)86(17)60(37-49(6)7)70(98)81-66(51(9)91)75(89)103/h21,23-24,27-31,38,47-51,55-62,66,72,90-91,100H,19-20,22,25-26,32-37,39-46H2,1-18H3,(H,78,95)(H,79,97)(H,80,96)(H,81,98)/t50-,51-,55+,56+,57+,58+,59+,60+,61+,62?,66+,72?/m1/s1. The SMILES string of the molecule is CCCCN1CC(=O)N(C)C(Cc2ccccc2)C(=O)N(C)[C@@H](CC(C)C)C(=O)N[C@@H](COC(C)(C)C)C(O)N(C)[C@@H](CC(C)C)C(=O)N[C@H](C(=O)N2CCCCC2)CC(=O)N(C)CC(=O)N(C)[C@@H](Cc2cccc(Cl)c2)C(=O)N[C@@H](COC[C@@H](C)O)C(=O)N(C)[C@@H](CC(C)C)C(=O)N[C@@H]([C@@H](C)O)C1=O. The number of carbonyl (C=O) groups excluding carboxylic acids is 11. The van der Waals surface area contributed by atoms with Gasteiger partial charge in [0.25, 0.3) is 0 Å². The molecule has 0 saturated carbocycles. The highest BCUT2D eigenvalue weighted by molar-refractivity contribution is 6.30. The lowest BCUT2D eigenvalue weighted by atomic mass is 9.98. The van der Waals surface area contributed by atoms with Crippen LogP contribution in [0.4, 0.5) is 0 Å². The summed E-state index contributed by atoms with van der Waals surface area (Å²) in [5.74, 6) is -9.18. The van der Waals surface area contributed by atoms with E-state index >= 15 is 33.6 Å². The molecule has 11 amide bonds. The number of hydrogen-bond donors (Lipinski definition) is 7. The van der Waals surface area contributed by atoms with E-state index in [1.54, 1.807) is 94.1 Å². The summed E-state index contributed by atoms with van der Waals surface area (Å²) in [4.78, 5) is 175. The summed E-state index contributed by atoms with van der Waals surface area (Å²) >= 11 is 6.46. The van der Waals surface area contributed by atoms with Gasteiger partial charge >= 0.3 is 0 Å². The Kier molecular flexibility index (Phi) is 36.8. The summed E-state index contributed by atoms with van der Waals surface area (Å²) in [5.41, 5.74) is 0.299. The van der Waals surface area contributed by atoms with E-state index in [0.717, 1.165) is 21.1 Å². The van der Waals surface area contributed by atoms with Gasteiger partial charge in [0, 0.05) is 72.7 Å². The number of aliphatic hydroxyl groups is 3. The van der Waals surface area contributed by atoms with Crippen molar-refractivity contribution in [3.8, 4) is 0 Å². The van der Waals surface area contributed by atoms with Gasteiger partial charge in [-0.2, -0.15) is 0 Å². The van der Waals surface area contributed by atoms with Gasteiger partial charge in [-0.15, -0.1) is 0 Å². The molecule has 0 aliphatic carbocycles. The monoisotopic (exact) mass is 1490 g/mol. The van der Waals surface area contributed by atoms with E-state index in [9.17, 15) is 34.5 Å². The first-order valence-corrected chi connectivity index (χ1v) is 37.4. The number of hydrogen-bond acceptors (Lipinski definition) is 17. The number of halogens is 1. The van der Waals surface area contributed by atoms with Gasteiger partial charge in [0.05, 0.1) is 69.2 Å². The van der Waals surface area contributed by atoms with Gasteiger partial charge in [0.15, 0.2) is 0 Å². The minimum absolute atomic E-state index is 0.0255. The Morgan fingerprint density at radius 1 is 0.590 bits per heavy atom. The number of unbranched alkanes of at least 4 members (excludes halogenated alkanes) is 1. The topological polar surface area (TPSA) is 341 Å². The van der Waals surface area contributed by atoms with Crippen molar-refractivity contribution in [1.82, 2.24) is 60.5 Å². The molecule has 7 N–H and O–H groups in total. The third kappa shape index (κ3) is 28.4. The van der Waals surface area contributed by atoms with Crippen LogP contribution in [0.5, 0.6) is 0 Å². The molecule has 2 saturated heterocycles. The maximum Gasteiger partial charge on any atom is 0.248 e. The molecule has 2 unspecified atom stereocenters. The Morgan fingerprint density at radius 2 is 1.11 bits per heavy atom. The lowest BCUT2D eigenvalue weighted by Crippen LogP contribution is -2.63. The van der Waals surface area contributed by atoms with E-state index in [-0.39, 0.29) is 69.6 Å². The van der Waals surface area contributed by atoms with Crippen molar-refractivity contribution in [2.45, 2.75) is 232 Å². The lowest BCUT2D eigenvalue weighted by Gasteiger charge is -2.39. The van der Waals surface area contributed by atoms with Crippen LogP contribution in [0, 0.1) is 17.8 Å². The Labute approximate surface area is 627 Å². The van der Waals surface area contributed by atoms with Crippen LogP contribution in [0.1, 0.15) is 152 Å². The molecule has 28 nitrogen and oxygen atoms in total. The summed E-state index contributed by atoms with van der Waals surface area (Å²) in [7, 11) is 8.31. The predicted molar refractivity (Wildman–Crippen MR) is 399 cm³/mol. The number of amides is 11. The quantitative estimate of drug-likeness (QED) is 0.0943. The second-order valence-electron chi connectivity index (χ2n) is 30.7. The maximum atomic E-state index is 15.5. The fourth-order valence-electron chi connectivity index (χ4n) is 12.7. The van der Waals surface area contributed by atoms with Gasteiger partial charge in [0.2, 0.25) is 65.0 Å². The number of rotatable bonds is 21. The Bertz CT molecular complexity index is 3180. The first-order valence-electron chi connectivity index (χ1n) is 37.0. The van der Waals surface area contributed by atoms with Crippen LogP contribution in [-0.2, 0) is 75.1 Å². The van der Waals surface area contributed by atoms with Crippen molar-refractivity contribution in [2.75, 3.05) is 94.8 Å². The number of nitrogens with zero attached hydrogens (tertiary/aromatic N) is 8. The number of aliphatic hydroxyl groups excluding tert-OH is 3. The first kappa shape index (κ1) is 90.1. The third-order valence-electron chi connectivity index (χ3n) is 19.0. The van der Waals surface area contributed by atoms with Gasteiger partial charge in [0.1, 0.15) is 48.5 Å². The second kappa shape index (κ2) is 42.9. The molecule has 0 aromatic heterocycles. The van der Waals surface area contributed by atoms with Crippen LogP contribution in [0.3, 0.4) is 0 Å². The third-order valence-corrected chi connectivity index (χ3v) is 19.2. The van der Waals surface area contributed by atoms with E-state index < -0.39 is 170 Å². The smallest absolute Gasteiger partial charge is 0.248 e. The molecular weight excluding hydrogens is 1370 g/mol. The molecule has 4 rings (SSSR count). The van der Waals surface area contributed by atoms with Crippen molar-refractivity contribution >= 4 is 76.6 Å². The number of nitrogens with one attached hydrogen (secondary N) is 4. The number of likely N-dealkylation sites (N-methyl/N-ethyl adjacent to an activating group) is 6. The average Bonchev–Trinajstić information content (AvgIpc) is 0.826. The normalized spacial score (nSPS) is 25.0. The van der Waals surface area contributed by atoms with E-state index in [0.29, 0.717) is 54.9 Å². The Hall–Kier alpha value is -7.34. The van der Waals surface area contributed by atoms with E-state index in [1.807, 2.05) is 34.6 Å². The van der Waals surface area contributed by atoms with Crippen molar-refractivity contribution < 1.29 is 77.5 Å². The Morgan fingerprint density at radius 3 is 1.67 bits per heavy atom. The summed E-state index contributed by atoms with van der Waals surface area (Å²) in [6.45, 7) is 19.1. The number of ether oxygens (including phenoxy) is 2. The average molecular weight is 1500 g/mol. The van der Waals surface area contributed by atoms with Gasteiger partial charge in [-0.1, -0.05) is 109 Å². The van der Waals surface area contributed by atoms with Crippen LogP contribution in [-0.4, -0.2) is 293 Å². The minimum atomic E-state index is -1.71. The summed E-state index contributed by atoms with van der Waals surface area (Å²) in [5, 5.41) is 46.0. The number of benzene rings is 2. The highest BCUT2D eigenvalue weighted by Crippen LogP contribution is 2.24. The van der Waals surface area contributed by atoms with Gasteiger partial charge in [-0.3, -0.25) is 57.6 Å². The molecule has 2 fully saturated rings. The number of piperidine rings is 1. The van der Waals surface area contributed by atoms with Gasteiger partial charge < -0.3 is 80.4 Å². The minimum Gasteiger partial charge on any atom is -0.391 e. The van der Waals surface area contributed by atoms with Gasteiger partial charge in [-0.05, 0) is 128 Å². The molecule has 2 aromatic carbocycles. The molecule has 29 heteroatoms. The highest BCUT2D eigenvalue weighted by atomic mass is 35.5. The summed E-state index contributed by atoms with van der Waals surface area (Å²) in [6.07, 6.45) is -1.98. The fourth-order valence-corrected chi connectivity index (χ4v) is 12.9. The predicted octanol–water partition coefficient (Wildman–Crippen LogP) is 3.23. The zero-order valence-corrected chi connectivity index (χ0v) is 66.2. The van der Waals surface area contributed by atoms with Crippen LogP contribution in [0.2, 0.25) is 5.02 Å². The molecule has 12 atom stereocenters. The van der Waals surface area contributed by atoms with Crippen molar-refractivity contribution in [2.24, 2.45) is 17.8 Å². The second-order valence-corrected chi connectivity index (χ2v) is 31.1. The molecule has 2 aliphatic heterocycles. The molecule has 2 aromatic rings. The number of likely N-dealkylation sites (tertiary alicyclic amines) is 1. The molecule has 0 radical (unpaired) electrons. The van der Waals surface area contributed by atoms with E-state index in [1.165, 1.54) is 75.7 Å². The fraction of sp³-hybridized carbons (Fsp3) is 0.697. The number of carbonyl (C=O) groups is 11. The zero-order chi connectivity index (χ0) is 78.9. The highest BCUT2D eigenvalue weighted by Gasteiger charge is 2.44. The molecule has 2 aliphatic rings. The van der Waals surface area contributed by atoms with Crippen LogP contribution in [0.15, 0.2) is 54.6 Å². The molecule has 590 valence electrons. The maximum absolute atomic E-state index is 15.5. The van der Waals surface area contributed by atoms with Crippen LogP contribution in [0.25, 0.3) is 0 Å². The Balaban J connectivity index is 2.02. The van der Waals surface area contributed by atoms with Crippen LogP contribution >= 0.6 is 11.6 Å². The van der Waals surface area contributed by atoms with Crippen LogP contribution < -0.4 is 21.3 Å². The summed E-state index contributed by atoms with van der Waals surface area (Å²) in [6, 6.07) is 2.62. The van der Waals surface area contributed by atoms with E-state index in [2.05, 4.69) is 21.3 Å². The van der Waals surface area contributed by atoms with Crippen molar-refractivity contribution in [1.29, 1.82) is 0 Å². The summed E-state index contributed by atoms with van der Waals surface area (Å²) < 4.78 is 12.1.